The van der Waals surface area contributed by atoms with Crippen LogP contribution in [0.4, 0.5) is 4.39 Å². The Hall–Kier alpha value is -3.12. The molecule has 6 heteroatoms. The number of amides is 2. The van der Waals surface area contributed by atoms with Crippen molar-refractivity contribution in [2.75, 3.05) is 13.6 Å². The van der Waals surface area contributed by atoms with Crippen molar-refractivity contribution in [1.82, 2.24) is 14.8 Å². The predicted molar refractivity (Wildman–Crippen MR) is 104 cm³/mol. The average molecular weight is 377 g/mol. The van der Waals surface area contributed by atoms with Crippen LogP contribution in [0.2, 0.25) is 0 Å². The maximum atomic E-state index is 14.3. The minimum absolute atomic E-state index is 0.0612. The summed E-state index contributed by atoms with van der Waals surface area (Å²) in [6.07, 6.45) is 0. The number of nitrogens with zero attached hydrogens (tertiary/aromatic N) is 3. The maximum absolute atomic E-state index is 14.3. The van der Waals surface area contributed by atoms with Gasteiger partial charge in [0.25, 0.3) is 11.8 Å². The van der Waals surface area contributed by atoms with Gasteiger partial charge in [-0.25, -0.2) is 4.39 Å². The van der Waals surface area contributed by atoms with Gasteiger partial charge in [0.15, 0.2) is 0 Å². The second kappa shape index (κ2) is 7.13. The van der Waals surface area contributed by atoms with Gasteiger partial charge >= 0.3 is 0 Å². The van der Waals surface area contributed by atoms with Crippen LogP contribution >= 0.6 is 0 Å². The third kappa shape index (κ3) is 3.05. The van der Waals surface area contributed by atoms with Gasteiger partial charge in [0, 0.05) is 11.9 Å². The molecule has 1 aliphatic rings. The smallest absolute Gasteiger partial charge is 0.261 e. The van der Waals surface area contributed by atoms with E-state index in [1.807, 2.05) is 14.0 Å². The van der Waals surface area contributed by atoms with Crippen molar-refractivity contribution in [3.63, 3.8) is 0 Å². The first kappa shape index (κ1) is 18.3. The highest BCUT2D eigenvalue weighted by Gasteiger charge is 2.35. The van der Waals surface area contributed by atoms with Crippen LogP contribution in [0, 0.1) is 5.82 Å². The fraction of sp³-hybridized carbons (Fsp3) is 0.227. The minimum atomic E-state index is -0.335. The van der Waals surface area contributed by atoms with Crippen molar-refractivity contribution in [3.8, 4) is 0 Å². The number of pyridine rings is 1. The number of benzene rings is 2. The first-order valence-electron chi connectivity index (χ1n) is 9.20. The Kier molecular flexibility index (Phi) is 4.65. The number of rotatable bonds is 5. The van der Waals surface area contributed by atoms with Crippen molar-refractivity contribution in [3.05, 3.63) is 76.7 Å². The number of carbonyl (C=O) groups is 2. The molecule has 0 atom stereocenters. The van der Waals surface area contributed by atoms with Gasteiger partial charge < -0.3 is 4.90 Å². The highest BCUT2D eigenvalue weighted by atomic mass is 19.1. The Balaban J connectivity index is 1.76. The van der Waals surface area contributed by atoms with Crippen LogP contribution < -0.4 is 0 Å². The summed E-state index contributed by atoms with van der Waals surface area (Å²) >= 11 is 0. The van der Waals surface area contributed by atoms with E-state index in [0.29, 0.717) is 34.3 Å². The van der Waals surface area contributed by atoms with Gasteiger partial charge in [0.1, 0.15) is 5.82 Å². The van der Waals surface area contributed by atoms with Gasteiger partial charge in [-0.2, -0.15) is 0 Å². The fourth-order valence-electron chi connectivity index (χ4n) is 3.45. The number of fused-ring (bicyclic) bond motifs is 2. The molecule has 0 bridgehead atoms. The van der Waals surface area contributed by atoms with Crippen molar-refractivity contribution in [1.29, 1.82) is 0 Å². The zero-order valence-corrected chi connectivity index (χ0v) is 15.8. The van der Waals surface area contributed by atoms with E-state index in [0.717, 1.165) is 12.1 Å². The molecule has 0 radical (unpaired) electrons. The number of carbonyl (C=O) groups excluding carboxylic acids is 2. The Morgan fingerprint density at radius 1 is 1.04 bits per heavy atom. The summed E-state index contributed by atoms with van der Waals surface area (Å²) in [5, 5.41) is 0.438. The molecule has 2 amide bonds. The van der Waals surface area contributed by atoms with Crippen LogP contribution in [0.1, 0.15) is 38.9 Å². The van der Waals surface area contributed by atoms with Crippen LogP contribution in [-0.2, 0) is 13.1 Å². The first-order valence-corrected chi connectivity index (χ1v) is 9.20. The molecule has 0 N–H and O–H groups in total. The third-order valence-electron chi connectivity index (χ3n) is 5.14. The topological polar surface area (TPSA) is 53.5 Å². The number of hydrogen-bond acceptors (Lipinski definition) is 4. The second-order valence-electron chi connectivity index (χ2n) is 6.97. The molecule has 0 saturated carbocycles. The molecule has 2 aromatic carbocycles. The molecule has 142 valence electrons. The fourth-order valence-corrected chi connectivity index (χ4v) is 3.45. The Labute approximate surface area is 162 Å². The number of hydrogen-bond donors (Lipinski definition) is 0. The molecule has 0 aliphatic carbocycles. The van der Waals surface area contributed by atoms with E-state index in [2.05, 4.69) is 9.88 Å². The van der Waals surface area contributed by atoms with Crippen LogP contribution in [0.15, 0.2) is 48.5 Å². The molecular weight excluding hydrogens is 357 g/mol. The molecule has 28 heavy (non-hydrogen) atoms. The normalized spacial score (nSPS) is 13.6. The van der Waals surface area contributed by atoms with Crippen LogP contribution in [0.3, 0.4) is 0 Å². The lowest BCUT2D eigenvalue weighted by Crippen LogP contribution is -2.30. The highest BCUT2D eigenvalue weighted by molar-refractivity contribution is 6.21. The van der Waals surface area contributed by atoms with Crippen molar-refractivity contribution in [2.24, 2.45) is 0 Å². The molecule has 1 aromatic heterocycles. The molecule has 4 rings (SSSR count). The van der Waals surface area contributed by atoms with E-state index < -0.39 is 0 Å². The van der Waals surface area contributed by atoms with Crippen LogP contribution in [-0.4, -0.2) is 40.2 Å². The monoisotopic (exact) mass is 377 g/mol. The number of halogens is 1. The molecule has 0 saturated heterocycles. The number of imide groups is 1. The van der Waals surface area contributed by atoms with Crippen LogP contribution in [0.5, 0.6) is 0 Å². The average Bonchev–Trinajstić information content (AvgIpc) is 2.94. The van der Waals surface area contributed by atoms with Gasteiger partial charge in [-0.15, -0.1) is 0 Å². The lowest BCUT2D eigenvalue weighted by atomic mass is 10.1. The van der Waals surface area contributed by atoms with Crippen molar-refractivity contribution < 1.29 is 14.0 Å². The summed E-state index contributed by atoms with van der Waals surface area (Å²) in [6.45, 7) is 3.44. The van der Waals surface area contributed by atoms with Gasteiger partial charge in [-0.05, 0) is 49.5 Å². The van der Waals surface area contributed by atoms with Crippen LogP contribution in [0.25, 0.3) is 10.9 Å². The van der Waals surface area contributed by atoms with E-state index in [1.165, 1.54) is 11.0 Å². The number of aromatic nitrogens is 1. The van der Waals surface area contributed by atoms with E-state index in [1.54, 1.807) is 42.5 Å². The zero-order valence-electron chi connectivity index (χ0n) is 15.8. The molecular formula is C22H20FN3O2. The standard InChI is InChI=1S/C22H20FN3O2/c1-3-25(2)12-14-11-17-18(23)9-6-10-19(17)24-20(14)13-26-21(27)15-7-4-5-8-16(15)22(26)28/h4-11H,3,12-13H2,1-2H3. The van der Waals surface area contributed by atoms with E-state index in [9.17, 15) is 14.0 Å². The lowest BCUT2D eigenvalue weighted by molar-refractivity contribution is 0.0640. The third-order valence-corrected chi connectivity index (χ3v) is 5.14. The zero-order chi connectivity index (χ0) is 19.8. The molecule has 3 aromatic rings. The quantitative estimate of drug-likeness (QED) is 0.638. The van der Waals surface area contributed by atoms with Gasteiger partial charge in [0.2, 0.25) is 0 Å². The minimum Gasteiger partial charge on any atom is -0.302 e. The Bertz CT molecular complexity index is 1060. The van der Waals surface area contributed by atoms with E-state index >= 15 is 0 Å². The summed E-state index contributed by atoms with van der Waals surface area (Å²) in [5.41, 5.74) is 2.74. The largest absolute Gasteiger partial charge is 0.302 e. The van der Waals surface area contributed by atoms with Gasteiger partial charge in [-0.1, -0.05) is 25.1 Å². The second-order valence-corrected chi connectivity index (χ2v) is 6.97. The lowest BCUT2D eigenvalue weighted by Gasteiger charge is -2.20. The van der Waals surface area contributed by atoms with Gasteiger partial charge in [-0.3, -0.25) is 19.5 Å². The maximum Gasteiger partial charge on any atom is 0.261 e. The molecule has 5 nitrogen and oxygen atoms in total. The Morgan fingerprint density at radius 3 is 2.36 bits per heavy atom. The van der Waals surface area contributed by atoms with E-state index in [4.69, 9.17) is 0 Å². The van der Waals surface area contributed by atoms with Crippen molar-refractivity contribution >= 4 is 22.7 Å². The molecule has 2 heterocycles. The SMILES string of the molecule is CCN(C)Cc1cc2c(F)cccc2nc1CN1C(=O)c2ccccc2C1=O. The summed E-state index contributed by atoms with van der Waals surface area (Å²) in [7, 11) is 1.96. The van der Waals surface area contributed by atoms with Gasteiger partial charge in [0.05, 0.1) is 28.9 Å². The summed E-state index contributed by atoms with van der Waals surface area (Å²) < 4.78 is 14.3. The predicted octanol–water partition coefficient (Wildman–Crippen LogP) is 3.62. The summed E-state index contributed by atoms with van der Waals surface area (Å²) in [6, 6.07) is 13.3. The Morgan fingerprint density at radius 2 is 1.71 bits per heavy atom. The van der Waals surface area contributed by atoms with Crippen molar-refractivity contribution in [2.45, 2.75) is 20.0 Å². The molecule has 0 spiro atoms. The highest BCUT2D eigenvalue weighted by Crippen LogP contribution is 2.27. The molecule has 0 unspecified atom stereocenters. The molecule has 0 fully saturated rings. The molecule has 1 aliphatic heterocycles. The van der Waals surface area contributed by atoms with E-state index in [-0.39, 0.29) is 24.2 Å². The summed E-state index contributed by atoms with van der Waals surface area (Å²) in [4.78, 5) is 33.3. The summed E-state index contributed by atoms with van der Waals surface area (Å²) in [5.74, 6) is -0.981. The first-order chi connectivity index (χ1) is 13.5.